The van der Waals surface area contributed by atoms with E-state index in [1.807, 2.05) is 61.5 Å². The van der Waals surface area contributed by atoms with Crippen LogP contribution in [0.3, 0.4) is 0 Å². The van der Waals surface area contributed by atoms with E-state index in [-0.39, 0.29) is 5.91 Å². The number of carbonyl (C=O) groups excluding carboxylic acids is 1. The maximum atomic E-state index is 14.0. The highest BCUT2D eigenvalue weighted by Crippen LogP contribution is 2.41. The number of anilines is 1. The highest BCUT2D eigenvalue weighted by atomic mass is 32.2. The van der Waals surface area contributed by atoms with Crippen LogP contribution >= 0.6 is 11.8 Å². The third-order valence-corrected chi connectivity index (χ3v) is 7.81. The van der Waals surface area contributed by atoms with Crippen molar-refractivity contribution in [1.82, 2.24) is 0 Å². The summed E-state index contributed by atoms with van der Waals surface area (Å²) in [6, 6.07) is 24.2. The third-order valence-electron chi connectivity index (χ3n) is 6.84. The van der Waals surface area contributed by atoms with Gasteiger partial charge in [-0.15, -0.1) is 0 Å². The van der Waals surface area contributed by atoms with Crippen LogP contribution in [-0.2, 0) is 4.79 Å². The van der Waals surface area contributed by atoms with Crippen LogP contribution in [0.25, 0.3) is 16.8 Å². The van der Waals surface area contributed by atoms with E-state index in [1.54, 1.807) is 12.0 Å². The number of ether oxygens (including phenoxy) is 1. The van der Waals surface area contributed by atoms with Gasteiger partial charge in [0.05, 0.1) is 23.4 Å². The summed E-state index contributed by atoms with van der Waals surface area (Å²) in [5.74, 6) is 0.639. The largest absolute Gasteiger partial charge is 0.496 e. The maximum Gasteiger partial charge on any atom is 0.271 e. The number of nitrogens with zero attached hydrogens (tertiary/aromatic N) is 2. The highest BCUT2D eigenvalue weighted by Gasteiger charge is 2.36. The van der Waals surface area contributed by atoms with Gasteiger partial charge < -0.3 is 4.74 Å². The average molecular weight is 493 g/mol. The number of amides is 1. The Balaban J connectivity index is 1.71. The summed E-state index contributed by atoms with van der Waals surface area (Å²) in [4.78, 5) is 21.3. The molecule has 5 rings (SSSR count). The number of hydrogen-bond donors (Lipinski definition) is 0. The quantitative estimate of drug-likeness (QED) is 0.272. The van der Waals surface area contributed by atoms with E-state index in [9.17, 15) is 4.79 Å². The smallest absolute Gasteiger partial charge is 0.271 e. The molecular weight excluding hydrogens is 464 g/mol. The Hall–Kier alpha value is -3.83. The molecule has 4 nitrogen and oxygen atoms in total. The van der Waals surface area contributed by atoms with Crippen LogP contribution in [0.4, 0.5) is 11.4 Å². The van der Waals surface area contributed by atoms with E-state index in [2.05, 4.69) is 45.0 Å². The lowest BCUT2D eigenvalue weighted by atomic mass is 10.0. The topological polar surface area (TPSA) is 41.9 Å². The standard InChI is InChI=1S/C31H28N2O2S/c1-19-10-8-14-26(21(19)3)32-31-33(27-15-9-11-20(2)22(27)4)30(34)29(36-31)18-25-24-13-7-6-12-23(24)16-17-28(25)35-5/h6-18H,1-5H3. The van der Waals surface area contributed by atoms with Crippen molar-refractivity contribution in [3.05, 3.63) is 106 Å². The van der Waals surface area contributed by atoms with E-state index in [0.29, 0.717) is 10.1 Å². The zero-order valence-corrected chi connectivity index (χ0v) is 21.9. The van der Waals surface area contributed by atoms with Crippen molar-refractivity contribution in [3.63, 3.8) is 0 Å². The van der Waals surface area contributed by atoms with Crippen LogP contribution in [0.1, 0.15) is 27.8 Å². The van der Waals surface area contributed by atoms with Crippen LogP contribution < -0.4 is 9.64 Å². The first-order valence-electron chi connectivity index (χ1n) is 11.9. The fraction of sp³-hybridized carbons (Fsp3) is 0.161. The first kappa shape index (κ1) is 23.9. The predicted octanol–water partition coefficient (Wildman–Crippen LogP) is 7.89. The normalized spacial score (nSPS) is 15.9. The number of aryl methyl sites for hydroxylation is 2. The van der Waals surface area contributed by atoms with Gasteiger partial charge in [0.1, 0.15) is 5.75 Å². The summed E-state index contributed by atoms with van der Waals surface area (Å²) >= 11 is 1.40. The van der Waals surface area contributed by atoms with E-state index in [0.717, 1.165) is 50.2 Å². The summed E-state index contributed by atoms with van der Waals surface area (Å²) in [5.41, 5.74) is 7.07. The minimum atomic E-state index is -0.0901. The molecular formula is C31H28N2O2S. The number of amidine groups is 1. The number of thioether (sulfide) groups is 1. The maximum absolute atomic E-state index is 14.0. The molecule has 1 amide bonds. The van der Waals surface area contributed by atoms with E-state index in [4.69, 9.17) is 9.73 Å². The van der Waals surface area contributed by atoms with Crippen molar-refractivity contribution in [2.24, 2.45) is 4.99 Å². The van der Waals surface area contributed by atoms with Crippen LogP contribution in [-0.4, -0.2) is 18.2 Å². The van der Waals surface area contributed by atoms with E-state index >= 15 is 0 Å². The Bertz CT molecular complexity index is 1570. The molecule has 0 spiro atoms. The molecule has 1 aliphatic rings. The molecule has 0 unspecified atom stereocenters. The molecule has 0 atom stereocenters. The monoisotopic (exact) mass is 492 g/mol. The lowest BCUT2D eigenvalue weighted by molar-refractivity contribution is -0.113. The molecule has 0 bridgehead atoms. The Labute approximate surface area is 216 Å². The Morgan fingerprint density at radius 2 is 1.56 bits per heavy atom. The fourth-order valence-corrected chi connectivity index (χ4v) is 5.40. The van der Waals surface area contributed by atoms with Crippen molar-refractivity contribution in [3.8, 4) is 5.75 Å². The van der Waals surface area contributed by atoms with Crippen molar-refractivity contribution in [2.45, 2.75) is 27.7 Å². The minimum absolute atomic E-state index is 0.0901. The van der Waals surface area contributed by atoms with E-state index in [1.165, 1.54) is 17.3 Å². The average Bonchev–Trinajstić information content (AvgIpc) is 3.18. The molecule has 180 valence electrons. The van der Waals surface area contributed by atoms with Crippen molar-refractivity contribution in [2.75, 3.05) is 12.0 Å². The lowest BCUT2D eigenvalue weighted by Gasteiger charge is -2.19. The van der Waals surface area contributed by atoms with Gasteiger partial charge in [0, 0.05) is 5.56 Å². The molecule has 0 aliphatic carbocycles. The second-order valence-corrected chi connectivity index (χ2v) is 10.00. The summed E-state index contributed by atoms with van der Waals surface area (Å²) < 4.78 is 5.69. The molecule has 0 aromatic heterocycles. The van der Waals surface area contributed by atoms with Gasteiger partial charge in [0.2, 0.25) is 0 Å². The minimum Gasteiger partial charge on any atom is -0.496 e. The zero-order valence-electron chi connectivity index (χ0n) is 21.1. The van der Waals surface area contributed by atoms with Crippen LogP contribution in [0.5, 0.6) is 5.75 Å². The Morgan fingerprint density at radius 1 is 0.833 bits per heavy atom. The number of methoxy groups -OCH3 is 1. The summed E-state index contributed by atoms with van der Waals surface area (Å²) in [7, 11) is 1.66. The molecule has 5 heteroatoms. The number of carbonyl (C=O) groups is 1. The molecule has 4 aromatic rings. The number of benzene rings is 4. The third kappa shape index (κ3) is 4.20. The zero-order chi connectivity index (χ0) is 25.4. The van der Waals surface area contributed by atoms with Gasteiger partial charge in [0.15, 0.2) is 5.17 Å². The molecule has 1 saturated heterocycles. The van der Waals surface area contributed by atoms with Gasteiger partial charge in [-0.2, -0.15) is 0 Å². The molecule has 1 fully saturated rings. The van der Waals surface area contributed by atoms with Gasteiger partial charge in [-0.1, -0.05) is 54.6 Å². The van der Waals surface area contributed by atoms with Gasteiger partial charge in [-0.25, -0.2) is 4.99 Å². The lowest BCUT2D eigenvalue weighted by Crippen LogP contribution is -2.29. The fourth-order valence-electron chi connectivity index (χ4n) is 4.43. The van der Waals surface area contributed by atoms with Crippen molar-refractivity contribution < 1.29 is 9.53 Å². The molecule has 0 N–H and O–H groups in total. The summed E-state index contributed by atoms with van der Waals surface area (Å²) in [5, 5.41) is 2.78. The number of hydrogen-bond acceptors (Lipinski definition) is 4. The van der Waals surface area contributed by atoms with Crippen LogP contribution in [0.2, 0.25) is 0 Å². The molecule has 0 radical (unpaired) electrons. The SMILES string of the molecule is COc1ccc2ccccc2c1C=C1SC(=Nc2cccc(C)c2C)N(c2cccc(C)c2C)C1=O. The van der Waals surface area contributed by atoms with Gasteiger partial charge in [0.25, 0.3) is 5.91 Å². The summed E-state index contributed by atoms with van der Waals surface area (Å²) in [6.45, 7) is 8.25. The molecule has 36 heavy (non-hydrogen) atoms. The molecule has 4 aromatic carbocycles. The van der Waals surface area contributed by atoms with Gasteiger partial charge >= 0.3 is 0 Å². The first-order chi connectivity index (χ1) is 17.4. The number of rotatable bonds is 4. The first-order valence-corrected chi connectivity index (χ1v) is 12.7. The molecule has 1 aliphatic heterocycles. The molecule has 1 heterocycles. The van der Waals surface area contributed by atoms with Crippen molar-refractivity contribution in [1.29, 1.82) is 0 Å². The van der Waals surface area contributed by atoms with Crippen LogP contribution in [0.15, 0.2) is 82.7 Å². The predicted molar refractivity (Wildman–Crippen MR) is 152 cm³/mol. The van der Waals surface area contributed by atoms with Gasteiger partial charge in [-0.3, -0.25) is 9.69 Å². The number of fused-ring (bicyclic) bond motifs is 1. The van der Waals surface area contributed by atoms with Crippen LogP contribution in [0, 0.1) is 27.7 Å². The Morgan fingerprint density at radius 3 is 2.33 bits per heavy atom. The second-order valence-electron chi connectivity index (χ2n) is 8.99. The molecule has 0 saturated carbocycles. The van der Waals surface area contributed by atoms with Gasteiger partial charge in [-0.05, 0) is 96.8 Å². The van der Waals surface area contributed by atoms with Crippen molar-refractivity contribution >= 4 is 51.1 Å². The summed E-state index contributed by atoms with van der Waals surface area (Å²) in [6.07, 6.45) is 1.94. The van der Waals surface area contributed by atoms with E-state index < -0.39 is 0 Å². The second kappa shape index (κ2) is 9.67. The Kier molecular flexibility index (Phi) is 6.42. The number of aliphatic imine (C=N–C) groups is 1. The highest BCUT2D eigenvalue weighted by molar-refractivity contribution is 8.19.